The van der Waals surface area contributed by atoms with Gasteiger partial charge in [0, 0.05) is 10.1 Å². The van der Waals surface area contributed by atoms with Crippen molar-refractivity contribution in [3.63, 3.8) is 0 Å². The van der Waals surface area contributed by atoms with E-state index in [0.29, 0.717) is 5.25 Å². The summed E-state index contributed by atoms with van der Waals surface area (Å²) in [5.41, 5.74) is 5.47. The Morgan fingerprint density at radius 3 is 2.46 bits per heavy atom. The molecule has 1 aromatic rings. The van der Waals surface area contributed by atoms with Crippen LogP contribution >= 0.6 is 24.2 Å². The van der Waals surface area contributed by atoms with E-state index in [9.17, 15) is 0 Å². The SMILES string of the molecule is CC(CCN)Sc1ccccc1.Cl. The minimum atomic E-state index is 0. The summed E-state index contributed by atoms with van der Waals surface area (Å²) < 4.78 is 0. The van der Waals surface area contributed by atoms with Gasteiger partial charge in [-0.05, 0) is 25.1 Å². The second-order valence-corrected chi connectivity index (χ2v) is 4.33. The average Bonchev–Trinajstić information content (AvgIpc) is 2.06. The molecule has 1 atom stereocenters. The van der Waals surface area contributed by atoms with Crippen LogP contribution in [0.2, 0.25) is 0 Å². The van der Waals surface area contributed by atoms with Crippen LogP contribution < -0.4 is 5.73 Å². The molecule has 0 bridgehead atoms. The minimum absolute atomic E-state index is 0. The van der Waals surface area contributed by atoms with E-state index >= 15 is 0 Å². The van der Waals surface area contributed by atoms with E-state index in [1.807, 2.05) is 17.8 Å². The van der Waals surface area contributed by atoms with Crippen LogP contribution in [-0.2, 0) is 0 Å². The van der Waals surface area contributed by atoms with E-state index in [1.54, 1.807) is 0 Å². The molecule has 0 radical (unpaired) electrons. The third-order valence-electron chi connectivity index (χ3n) is 1.65. The van der Waals surface area contributed by atoms with Crippen LogP contribution in [0.25, 0.3) is 0 Å². The van der Waals surface area contributed by atoms with Gasteiger partial charge in [0.05, 0.1) is 0 Å². The van der Waals surface area contributed by atoms with E-state index in [1.165, 1.54) is 4.90 Å². The van der Waals surface area contributed by atoms with Crippen molar-refractivity contribution in [2.24, 2.45) is 5.73 Å². The van der Waals surface area contributed by atoms with Crippen molar-refractivity contribution < 1.29 is 0 Å². The molecule has 0 amide bonds. The lowest BCUT2D eigenvalue weighted by Crippen LogP contribution is -2.06. The molecule has 0 heterocycles. The smallest absolute Gasteiger partial charge is 0.00780 e. The van der Waals surface area contributed by atoms with Crippen LogP contribution in [0.3, 0.4) is 0 Å². The van der Waals surface area contributed by atoms with E-state index in [2.05, 4.69) is 31.2 Å². The molecule has 1 rings (SSSR count). The van der Waals surface area contributed by atoms with Gasteiger partial charge >= 0.3 is 0 Å². The van der Waals surface area contributed by atoms with Crippen LogP contribution in [0.5, 0.6) is 0 Å². The lowest BCUT2D eigenvalue weighted by atomic mass is 10.3. The maximum Gasteiger partial charge on any atom is 0.00780 e. The molecule has 0 fully saturated rings. The van der Waals surface area contributed by atoms with Gasteiger partial charge in [0.15, 0.2) is 0 Å². The number of halogens is 1. The summed E-state index contributed by atoms with van der Waals surface area (Å²) in [5, 5.41) is 0.623. The topological polar surface area (TPSA) is 26.0 Å². The molecule has 0 spiro atoms. The van der Waals surface area contributed by atoms with Gasteiger partial charge in [-0.2, -0.15) is 0 Å². The summed E-state index contributed by atoms with van der Waals surface area (Å²) in [6, 6.07) is 10.4. The Kier molecular flexibility index (Phi) is 7.14. The Hall–Kier alpha value is -0.180. The highest BCUT2D eigenvalue weighted by molar-refractivity contribution is 7.99. The standard InChI is InChI=1S/C10H15NS.ClH/c1-9(7-8-11)12-10-5-3-2-4-6-10;/h2-6,9H,7-8,11H2,1H3;1H. The van der Waals surface area contributed by atoms with Gasteiger partial charge in [-0.1, -0.05) is 25.1 Å². The van der Waals surface area contributed by atoms with Gasteiger partial charge in [0.25, 0.3) is 0 Å². The number of rotatable bonds is 4. The Labute approximate surface area is 90.5 Å². The van der Waals surface area contributed by atoms with Crippen molar-refractivity contribution in [3.05, 3.63) is 30.3 Å². The molecule has 0 aliphatic heterocycles. The van der Waals surface area contributed by atoms with Crippen molar-refractivity contribution in [1.29, 1.82) is 0 Å². The zero-order valence-corrected chi connectivity index (χ0v) is 9.41. The largest absolute Gasteiger partial charge is 0.330 e. The molecule has 0 saturated heterocycles. The molecule has 74 valence electrons. The molecule has 0 saturated carbocycles. The molecule has 2 N–H and O–H groups in total. The van der Waals surface area contributed by atoms with Crippen LogP contribution in [0.4, 0.5) is 0 Å². The fourth-order valence-corrected chi connectivity index (χ4v) is 2.06. The third-order valence-corrected chi connectivity index (χ3v) is 2.84. The molecule has 13 heavy (non-hydrogen) atoms. The first-order valence-electron chi connectivity index (χ1n) is 4.24. The highest BCUT2D eigenvalue weighted by atomic mass is 35.5. The van der Waals surface area contributed by atoms with Gasteiger partial charge in [-0.15, -0.1) is 24.2 Å². The van der Waals surface area contributed by atoms with Gasteiger partial charge in [-0.3, -0.25) is 0 Å². The van der Waals surface area contributed by atoms with Gasteiger partial charge in [-0.25, -0.2) is 0 Å². The normalized spacial score (nSPS) is 11.8. The van der Waals surface area contributed by atoms with Gasteiger partial charge in [0.1, 0.15) is 0 Å². The molecule has 0 aliphatic rings. The van der Waals surface area contributed by atoms with Crippen LogP contribution in [0.1, 0.15) is 13.3 Å². The molecule has 0 aliphatic carbocycles. The Morgan fingerprint density at radius 1 is 1.31 bits per heavy atom. The van der Waals surface area contributed by atoms with E-state index < -0.39 is 0 Å². The van der Waals surface area contributed by atoms with Crippen molar-refractivity contribution in [2.45, 2.75) is 23.5 Å². The van der Waals surface area contributed by atoms with Crippen LogP contribution in [0.15, 0.2) is 35.2 Å². The first kappa shape index (κ1) is 12.8. The molecule has 3 heteroatoms. The second kappa shape index (κ2) is 7.25. The summed E-state index contributed by atoms with van der Waals surface area (Å²) in [7, 11) is 0. The van der Waals surface area contributed by atoms with Crippen molar-refractivity contribution in [2.75, 3.05) is 6.54 Å². The lowest BCUT2D eigenvalue weighted by Gasteiger charge is -2.08. The van der Waals surface area contributed by atoms with Crippen LogP contribution in [0, 0.1) is 0 Å². The summed E-state index contributed by atoms with van der Waals surface area (Å²) in [6.45, 7) is 2.99. The van der Waals surface area contributed by atoms with E-state index in [0.717, 1.165) is 13.0 Å². The fraction of sp³-hybridized carbons (Fsp3) is 0.400. The summed E-state index contributed by atoms with van der Waals surface area (Å²) >= 11 is 1.89. The maximum absolute atomic E-state index is 5.47. The third kappa shape index (κ3) is 5.19. The number of benzene rings is 1. The Bertz CT molecular complexity index is 215. The molecular formula is C10H16ClNS. The lowest BCUT2D eigenvalue weighted by molar-refractivity contribution is 0.823. The van der Waals surface area contributed by atoms with Crippen molar-refractivity contribution >= 4 is 24.2 Å². The van der Waals surface area contributed by atoms with Crippen molar-refractivity contribution in [1.82, 2.24) is 0 Å². The highest BCUT2D eigenvalue weighted by Gasteiger charge is 2.01. The van der Waals surface area contributed by atoms with E-state index in [-0.39, 0.29) is 12.4 Å². The highest BCUT2D eigenvalue weighted by Crippen LogP contribution is 2.23. The maximum atomic E-state index is 5.47. The number of hydrogen-bond acceptors (Lipinski definition) is 2. The van der Waals surface area contributed by atoms with Crippen molar-refractivity contribution in [3.8, 4) is 0 Å². The summed E-state index contributed by atoms with van der Waals surface area (Å²) in [6.07, 6.45) is 1.08. The zero-order chi connectivity index (χ0) is 8.81. The number of nitrogens with two attached hydrogens (primary N) is 1. The number of hydrogen-bond donors (Lipinski definition) is 1. The van der Waals surface area contributed by atoms with E-state index in [4.69, 9.17) is 5.73 Å². The molecule has 1 unspecified atom stereocenters. The zero-order valence-electron chi connectivity index (χ0n) is 7.77. The monoisotopic (exact) mass is 217 g/mol. The molecule has 1 nitrogen and oxygen atoms in total. The van der Waals surface area contributed by atoms with Gasteiger partial charge in [0.2, 0.25) is 0 Å². The summed E-state index contributed by atoms with van der Waals surface area (Å²) in [5.74, 6) is 0. The Balaban J connectivity index is 0.00000144. The molecule has 1 aromatic carbocycles. The van der Waals surface area contributed by atoms with Crippen LogP contribution in [-0.4, -0.2) is 11.8 Å². The predicted octanol–water partition coefficient (Wildman–Crippen LogP) is 2.94. The minimum Gasteiger partial charge on any atom is -0.330 e. The summed E-state index contributed by atoms with van der Waals surface area (Å²) in [4.78, 5) is 1.33. The predicted molar refractivity (Wildman–Crippen MR) is 62.7 cm³/mol. The number of thioether (sulfide) groups is 1. The first-order valence-corrected chi connectivity index (χ1v) is 5.12. The molecule has 0 aromatic heterocycles. The van der Waals surface area contributed by atoms with Gasteiger partial charge < -0.3 is 5.73 Å². The first-order chi connectivity index (χ1) is 5.83. The molecular weight excluding hydrogens is 202 g/mol. The fourth-order valence-electron chi connectivity index (χ4n) is 1.03. The Morgan fingerprint density at radius 2 is 1.92 bits per heavy atom. The average molecular weight is 218 g/mol. The second-order valence-electron chi connectivity index (χ2n) is 2.82. The quantitative estimate of drug-likeness (QED) is 0.785.